The van der Waals surface area contributed by atoms with Gasteiger partial charge in [-0.25, -0.2) is 0 Å². The Bertz CT molecular complexity index is 1420. The molecule has 0 unspecified atom stereocenters. The fourth-order valence-electron chi connectivity index (χ4n) is 5.67. The van der Waals surface area contributed by atoms with E-state index in [0.717, 1.165) is 15.5 Å². The van der Waals surface area contributed by atoms with E-state index in [9.17, 15) is 0 Å². The molecule has 0 saturated carbocycles. The van der Waals surface area contributed by atoms with Gasteiger partial charge >= 0.3 is 284 Å². The van der Waals surface area contributed by atoms with Crippen LogP contribution in [0.5, 0.6) is 0 Å². The predicted octanol–water partition coefficient (Wildman–Crippen LogP) is 8.33. The molecule has 0 N–H and O–H groups in total. The Morgan fingerprint density at radius 3 is 1.00 bits per heavy atom. The third-order valence-corrected chi connectivity index (χ3v) is 16.6. The standard InChI is InChI=1S/C33H39N6PS3Se/c1-22-28(25-16-10-7-11-17-25)41-31(37(22)4)34-40(44,35-32-38(5)23(2)29(42-32)26-18-12-8-13-19-26)36-33-39(6)24(3)30(43-33)27-20-14-9-15-21-27/h7-24,28-30H,1-6H3/b34-31-,35-32+,36-33+/t22-,23-,24-,28+,29+,30+/m1/s1. The van der Waals surface area contributed by atoms with E-state index in [1.54, 1.807) is 0 Å². The van der Waals surface area contributed by atoms with Crippen LogP contribution in [-0.4, -0.2) is 84.6 Å². The minimum absolute atomic E-state index is 0.297. The molecular weight excluding hydrogens is 687 g/mol. The average molecular weight is 726 g/mol. The maximum atomic E-state index is 5.46. The van der Waals surface area contributed by atoms with Crippen molar-refractivity contribution >= 4 is 71.8 Å². The first-order valence-corrected chi connectivity index (χ1v) is 21.4. The molecule has 3 aromatic carbocycles. The fourth-order valence-corrected chi connectivity index (χ4v) is 14.7. The van der Waals surface area contributed by atoms with Crippen molar-refractivity contribution in [2.24, 2.45) is 14.3 Å². The van der Waals surface area contributed by atoms with Crippen molar-refractivity contribution in [1.82, 2.24) is 14.7 Å². The molecule has 230 valence electrons. The van der Waals surface area contributed by atoms with Gasteiger partial charge in [0.25, 0.3) is 0 Å². The van der Waals surface area contributed by atoms with Gasteiger partial charge in [0.1, 0.15) is 0 Å². The molecule has 0 radical (unpaired) electrons. The molecule has 0 spiro atoms. The van der Waals surface area contributed by atoms with E-state index >= 15 is 0 Å². The van der Waals surface area contributed by atoms with Crippen molar-refractivity contribution in [3.63, 3.8) is 0 Å². The molecule has 3 heterocycles. The molecule has 0 aliphatic carbocycles. The van der Waals surface area contributed by atoms with E-state index in [-0.39, 0.29) is 0 Å². The molecule has 3 saturated heterocycles. The Labute approximate surface area is 282 Å². The van der Waals surface area contributed by atoms with E-state index in [4.69, 9.17) is 14.3 Å². The second-order valence-electron chi connectivity index (χ2n) is 11.6. The van der Waals surface area contributed by atoms with Crippen molar-refractivity contribution in [2.45, 2.75) is 54.6 Å². The van der Waals surface area contributed by atoms with Gasteiger partial charge in [-0.2, -0.15) is 0 Å². The number of rotatable bonds is 6. The van der Waals surface area contributed by atoms with Crippen LogP contribution in [0.15, 0.2) is 105 Å². The average Bonchev–Trinajstić information content (AvgIpc) is 3.59. The number of amidine groups is 3. The molecule has 3 fully saturated rings. The molecule has 44 heavy (non-hydrogen) atoms. The van der Waals surface area contributed by atoms with Gasteiger partial charge in [-0.1, -0.05) is 0 Å². The molecule has 6 atom stereocenters. The van der Waals surface area contributed by atoms with Gasteiger partial charge in [-0.15, -0.1) is 0 Å². The first kappa shape index (κ1) is 32.0. The van der Waals surface area contributed by atoms with Crippen molar-refractivity contribution in [1.29, 1.82) is 0 Å². The Hall–Kier alpha value is -1.93. The Kier molecular flexibility index (Phi) is 9.78. The summed E-state index contributed by atoms with van der Waals surface area (Å²) < 4.78 is 16.4. The summed E-state index contributed by atoms with van der Waals surface area (Å²) in [6, 6.07) is 33.2. The SMILES string of the molecule is C[C@@H]1[C@@H](c2ccccc2)S/C(=N\P(=[Se])(/N=C2/S[C@H](c3ccccc3)[C@@H](C)N2C)/N=C2/S[C@H](c3ccccc3)[C@@H](C)N2C)N1C. The molecule has 0 aromatic heterocycles. The van der Waals surface area contributed by atoms with Gasteiger partial charge in [0, 0.05) is 0 Å². The van der Waals surface area contributed by atoms with Crippen LogP contribution in [-0.2, 0) is 0 Å². The van der Waals surface area contributed by atoms with Gasteiger partial charge in [0.05, 0.1) is 0 Å². The van der Waals surface area contributed by atoms with Crippen LogP contribution in [0, 0.1) is 0 Å². The predicted molar refractivity (Wildman–Crippen MR) is 197 cm³/mol. The Morgan fingerprint density at radius 1 is 0.500 bits per heavy atom. The number of thioether (sulfide) groups is 3. The third kappa shape index (κ3) is 6.49. The second-order valence-corrected chi connectivity index (χ2v) is 19.6. The zero-order valence-corrected chi connectivity index (χ0v) is 30.9. The van der Waals surface area contributed by atoms with Crippen LogP contribution < -0.4 is 0 Å². The maximum absolute atomic E-state index is 5.46. The van der Waals surface area contributed by atoms with Gasteiger partial charge in [0.15, 0.2) is 0 Å². The van der Waals surface area contributed by atoms with Crippen molar-refractivity contribution in [2.75, 3.05) is 21.1 Å². The molecule has 3 aliphatic rings. The molecule has 3 aromatic rings. The summed E-state index contributed by atoms with van der Waals surface area (Å²) in [6.07, 6.45) is 0. The van der Waals surface area contributed by atoms with Crippen LogP contribution in [0.1, 0.15) is 53.2 Å². The molecule has 11 heteroatoms. The van der Waals surface area contributed by atoms with Gasteiger partial charge in [-0.05, 0) is 0 Å². The van der Waals surface area contributed by atoms with Crippen molar-refractivity contribution in [3.05, 3.63) is 108 Å². The topological polar surface area (TPSA) is 46.8 Å². The molecule has 0 bridgehead atoms. The number of benzene rings is 3. The van der Waals surface area contributed by atoms with Crippen LogP contribution in [0.3, 0.4) is 0 Å². The monoisotopic (exact) mass is 726 g/mol. The van der Waals surface area contributed by atoms with Crippen molar-refractivity contribution in [3.8, 4) is 0 Å². The van der Waals surface area contributed by atoms with E-state index in [1.165, 1.54) is 16.7 Å². The van der Waals surface area contributed by atoms with Crippen LogP contribution in [0.4, 0.5) is 0 Å². The van der Waals surface area contributed by atoms with Gasteiger partial charge in [0.2, 0.25) is 0 Å². The molecule has 3 aliphatic heterocycles. The second kappa shape index (κ2) is 13.4. The van der Waals surface area contributed by atoms with Crippen LogP contribution >= 0.6 is 41.2 Å². The number of nitrogens with zero attached hydrogens (tertiary/aromatic N) is 6. The van der Waals surface area contributed by atoms with Crippen molar-refractivity contribution < 1.29 is 0 Å². The normalized spacial score (nSPS) is 30.3. The van der Waals surface area contributed by atoms with E-state index in [1.807, 2.05) is 35.3 Å². The number of likely N-dealkylation sites (N-methyl/N-ethyl adjacent to an activating group) is 3. The Morgan fingerprint density at radius 2 is 0.750 bits per heavy atom. The first-order chi connectivity index (χ1) is 21.1. The molecule has 6 rings (SSSR count). The summed E-state index contributed by atoms with van der Waals surface area (Å²) in [6.45, 7) is 6.85. The van der Waals surface area contributed by atoms with E-state index in [0.29, 0.717) is 33.9 Å². The quantitative estimate of drug-likeness (QED) is 0.188. The molecular formula is C33H39N6PS3Se. The van der Waals surface area contributed by atoms with Crippen LogP contribution in [0.2, 0.25) is 0 Å². The van der Waals surface area contributed by atoms with E-state index < -0.39 is 5.96 Å². The first-order valence-electron chi connectivity index (χ1n) is 14.9. The number of hydrogen-bond acceptors (Lipinski definition) is 6. The zero-order chi connectivity index (χ0) is 31.0. The summed E-state index contributed by atoms with van der Waals surface area (Å²) in [5.41, 5.74) is 3.96. The van der Waals surface area contributed by atoms with Crippen LogP contribution in [0.25, 0.3) is 0 Å². The minimum atomic E-state index is -2.71. The summed E-state index contributed by atoms with van der Waals surface area (Å²) in [4.78, 5) is 6.91. The van der Waals surface area contributed by atoms with Gasteiger partial charge < -0.3 is 0 Å². The van der Waals surface area contributed by atoms with E-state index in [2.05, 4.69) is 163 Å². The summed E-state index contributed by atoms with van der Waals surface area (Å²) in [7, 11) is 6.45. The summed E-state index contributed by atoms with van der Waals surface area (Å²) >= 11 is 8.94. The fraction of sp³-hybridized carbons (Fsp3) is 0.364. The summed E-state index contributed by atoms with van der Waals surface area (Å²) in [5.74, 6) is -2.71. The zero-order valence-electron chi connectivity index (χ0n) is 25.9. The Balaban J connectivity index is 1.40. The molecule has 0 amide bonds. The summed E-state index contributed by atoms with van der Waals surface area (Å²) in [5, 5.41) is 3.86. The van der Waals surface area contributed by atoms with Gasteiger partial charge in [-0.3, -0.25) is 0 Å². The number of hydrogen-bond donors (Lipinski definition) is 0. The third-order valence-electron chi connectivity index (χ3n) is 8.78. The molecule has 6 nitrogen and oxygen atoms in total.